The molecule has 27 heavy (non-hydrogen) atoms. The first-order valence-electron chi connectivity index (χ1n) is 9.34. The Balaban J connectivity index is 0.00000676. The van der Waals surface area contributed by atoms with Crippen molar-refractivity contribution in [3.05, 3.63) is 0 Å². The van der Waals surface area contributed by atoms with Gasteiger partial charge in [-0.3, -0.25) is 9.69 Å². The molecule has 1 saturated heterocycles. The van der Waals surface area contributed by atoms with Crippen molar-refractivity contribution >= 4 is 18.0 Å². The number of nitrogens with zero attached hydrogens (tertiary/aromatic N) is 2. The van der Waals surface area contributed by atoms with Gasteiger partial charge >= 0.3 is 25.0 Å². The van der Waals surface area contributed by atoms with E-state index in [2.05, 4.69) is 0 Å². The number of ether oxygens (including phenoxy) is 1. The minimum absolute atomic E-state index is 0. The van der Waals surface area contributed by atoms with Gasteiger partial charge in [0.2, 0.25) is 5.91 Å². The number of rotatable bonds is 6. The van der Waals surface area contributed by atoms with E-state index in [1.807, 2.05) is 27.7 Å². The normalized spacial score (nSPS) is 19.1. The topological polar surface area (TPSA) is 90.0 Å². The largest absolute Gasteiger partial charge is 1.00 e. The van der Waals surface area contributed by atoms with Crippen LogP contribution in [0.25, 0.3) is 0 Å². The summed E-state index contributed by atoms with van der Waals surface area (Å²) in [6.45, 7) is 13.5. The van der Waals surface area contributed by atoms with Crippen LogP contribution in [0.5, 0.6) is 0 Å². The van der Waals surface area contributed by atoms with Gasteiger partial charge in [0.05, 0.1) is 12.0 Å². The van der Waals surface area contributed by atoms with Crippen molar-refractivity contribution in [2.24, 2.45) is 11.8 Å². The minimum atomic E-state index is -1.25. The fourth-order valence-corrected chi connectivity index (χ4v) is 3.13. The molecule has 1 aliphatic rings. The van der Waals surface area contributed by atoms with E-state index in [1.54, 1.807) is 20.8 Å². The zero-order valence-corrected chi connectivity index (χ0v) is 18.1. The van der Waals surface area contributed by atoms with Gasteiger partial charge in [0.25, 0.3) is 0 Å². The van der Waals surface area contributed by atoms with Crippen molar-refractivity contribution in [3.8, 4) is 0 Å². The van der Waals surface area contributed by atoms with Crippen LogP contribution in [0.3, 0.4) is 0 Å². The van der Waals surface area contributed by atoms with Crippen LogP contribution >= 0.6 is 0 Å². The fourth-order valence-electron chi connectivity index (χ4n) is 3.13. The quantitative estimate of drug-likeness (QED) is 0.535. The molecule has 150 valence electrons. The van der Waals surface area contributed by atoms with Crippen LogP contribution in [0.1, 0.15) is 61.3 Å². The maximum absolute atomic E-state index is 13.1. The van der Waals surface area contributed by atoms with E-state index in [-0.39, 0.29) is 49.7 Å². The summed E-state index contributed by atoms with van der Waals surface area (Å²) in [5.41, 5.74) is -0.662. The van der Waals surface area contributed by atoms with Crippen LogP contribution in [0.15, 0.2) is 0 Å². The summed E-state index contributed by atoms with van der Waals surface area (Å²) in [5, 5.41) is 11.6. The van der Waals surface area contributed by atoms with Gasteiger partial charge in [-0.05, 0) is 45.4 Å². The minimum Gasteiger partial charge on any atom is -0.548 e. The molecular formula is C19H33LiN2O5. The van der Waals surface area contributed by atoms with Gasteiger partial charge in [-0.1, -0.05) is 27.7 Å². The molecular weight excluding hydrogens is 343 g/mol. The molecule has 2 amide bonds. The average molecular weight is 376 g/mol. The zero-order valence-electron chi connectivity index (χ0n) is 18.1. The van der Waals surface area contributed by atoms with E-state index in [0.717, 1.165) is 0 Å². The number of carbonyl (C=O) groups is 3. The van der Waals surface area contributed by atoms with Gasteiger partial charge in [-0.2, -0.15) is 0 Å². The fraction of sp³-hybridized carbons (Fsp3) is 0.842. The van der Waals surface area contributed by atoms with Crippen molar-refractivity contribution in [1.82, 2.24) is 9.80 Å². The number of hydrogen-bond donors (Lipinski definition) is 0. The molecule has 2 atom stereocenters. The number of amides is 2. The predicted molar refractivity (Wildman–Crippen MR) is 96.1 cm³/mol. The van der Waals surface area contributed by atoms with Crippen LogP contribution in [0.2, 0.25) is 0 Å². The number of carbonyl (C=O) groups excluding carboxylic acids is 3. The molecule has 0 unspecified atom stereocenters. The van der Waals surface area contributed by atoms with Gasteiger partial charge in [0, 0.05) is 13.1 Å². The molecule has 1 aliphatic heterocycles. The van der Waals surface area contributed by atoms with Gasteiger partial charge < -0.3 is 19.5 Å². The van der Waals surface area contributed by atoms with Gasteiger partial charge in [-0.15, -0.1) is 0 Å². The molecule has 0 aromatic carbocycles. The van der Waals surface area contributed by atoms with Crippen LogP contribution in [0, 0.1) is 11.8 Å². The Bertz CT molecular complexity index is 531. The molecule has 1 fully saturated rings. The number of carboxylic acid groups (broad SMARTS) is 1. The maximum Gasteiger partial charge on any atom is 1.00 e. The Labute approximate surface area is 175 Å². The Kier molecular flexibility index (Phi) is 9.92. The molecule has 8 heteroatoms. The third kappa shape index (κ3) is 7.75. The summed E-state index contributed by atoms with van der Waals surface area (Å²) in [7, 11) is 0. The van der Waals surface area contributed by atoms with E-state index in [1.165, 1.54) is 9.80 Å². The summed E-state index contributed by atoms with van der Waals surface area (Å²) in [4.78, 5) is 40.0. The molecule has 0 aromatic rings. The molecule has 7 nitrogen and oxygen atoms in total. The summed E-state index contributed by atoms with van der Waals surface area (Å²) in [6, 6.07) is -1.69. The van der Waals surface area contributed by atoms with Crippen molar-refractivity contribution in [2.75, 3.05) is 13.1 Å². The molecule has 1 heterocycles. The average Bonchev–Trinajstić information content (AvgIpc) is 2.44. The summed E-state index contributed by atoms with van der Waals surface area (Å²) < 4.78 is 5.43. The van der Waals surface area contributed by atoms with Crippen molar-refractivity contribution in [1.29, 1.82) is 0 Å². The van der Waals surface area contributed by atoms with Gasteiger partial charge in [-0.25, -0.2) is 4.79 Å². The van der Waals surface area contributed by atoms with Crippen LogP contribution < -0.4 is 24.0 Å². The second-order valence-corrected chi connectivity index (χ2v) is 8.82. The second-order valence-electron chi connectivity index (χ2n) is 8.82. The van der Waals surface area contributed by atoms with Crippen LogP contribution in [0.4, 0.5) is 4.79 Å². The van der Waals surface area contributed by atoms with Crippen molar-refractivity contribution in [2.45, 2.75) is 79.0 Å². The summed E-state index contributed by atoms with van der Waals surface area (Å²) >= 11 is 0. The molecule has 0 spiro atoms. The van der Waals surface area contributed by atoms with Crippen LogP contribution in [-0.4, -0.2) is 58.5 Å². The predicted octanol–water partition coefficient (Wildman–Crippen LogP) is -1.35. The Hall–Kier alpha value is -1.19. The monoisotopic (exact) mass is 376 g/mol. The smallest absolute Gasteiger partial charge is 0.548 e. The third-order valence-corrected chi connectivity index (χ3v) is 4.19. The third-order valence-electron chi connectivity index (χ3n) is 4.19. The molecule has 1 rings (SSSR count). The Morgan fingerprint density at radius 2 is 1.70 bits per heavy atom. The van der Waals surface area contributed by atoms with Gasteiger partial charge in [0.1, 0.15) is 11.6 Å². The first-order chi connectivity index (χ1) is 11.8. The molecule has 0 aromatic heterocycles. The number of piperazine rings is 1. The number of aliphatic carboxylic acids is 1. The molecule has 0 N–H and O–H groups in total. The Morgan fingerprint density at radius 3 is 2.11 bits per heavy atom. The zero-order chi connectivity index (χ0) is 20.2. The van der Waals surface area contributed by atoms with E-state index in [9.17, 15) is 19.5 Å². The van der Waals surface area contributed by atoms with E-state index < -0.39 is 29.7 Å². The van der Waals surface area contributed by atoms with E-state index >= 15 is 0 Å². The second kappa shape index (κ2) is 10.4. The first-order valence-corrected chi connectivity index (χ1v) is 9.34. The molecule has 0 saturated carbocycles. The van der Waals surface area contributed by atoms with Crippen molar-refractivity contribution in [3.63, 3.8) is 0 Å². The SMILES string of the molecule is CC(C)C[C@H]1C(=O)N([C@@H](CC(C)C)C(=O)[O-])CCN1C(=O)OC(C)(C)C.[Li+]. The van der Waals surface area contributed by atoms with Crippen LogP contribution in [-0.2, 0) is 14.3 Å². The molecule has 0 aliphatic carbocycles. The van der Waals surface area contributed by atoms with E-state index in [0.29, 0.717) is 12.8 Å². The van der Waals surface area contributed by atoms with Gasteiger partial charge in [0.15, 0.2) is 0 Å². The standard InChI is InChI=1S/C19H34N2O5.Li/c1-12(2)10-14-16(22)20(15(17(23)24)11-13(3)4)8-9-21(14)18(25)26-19(5,6)7;/h12-15H,8-11H2,1-7H3,(H,23,24);/q;+1/p-1/t14-,15-;/m0./s1. The number of hydrogen-bond acceptors (Lipinski definition) is 5. The molecule has 0 bridgehead atoms. The van der Waals surface area contributed by atoms with Crippen molar-refractivity contribution < 1.29 is 43.1 Å². The Morgan fingerprint density at radius 1 is 1.15 bits per heavy atom. The summed E-state index contributed by atoms with van der Waals surface area (Å²) in [5.74, 6) is -1.31. The first kappa shape index (κ1) is 25.8. The molecule has 0 radical (unpaired) electrons. The van der Waals surface area contributed by atoms with E-state index in [4.69, 9.17) is 4.74 Å². The maximum atomic E-state index is 13.1. The number of carboxylic acids is 1. The summed E-state index contributed by atoms with van der Waals surface area (Å²) in [6.07, 6.45) is 0.246.